The third-order valence-electron chi connectivity index (χ3n) is 5.11. The van der Waals surface area contributed by atoms with Crippen LogP contribution in [-0.4, -0.2) is 40.8 Å². The van der Waals surface area contributed by atoms with Crippen molar-refractivity contribution in [2.45, 2.75) is 37.8 Å². The van der Waals surface area contributed by atoms with Gasteiger partial charge in [0.2, 0.25) is 5.52 Å². The topological polar surface area (TPSA) is 111 Å². The Morgan fingerprint density at radius 1 is 1.33 bits per heavy atom. The van der Waals surface area contributed by atoms with Gasteiger partial charge < -0.3 is 10.5 Å². The van der Waals surface area contributed by atoms with Gasteiger partial charge in [-0.25, -0.2) is 0 Å². The lowest BCUT2D eigenvalue weighted by molar-refractivity contribution is -0.782. The minimum absolute atomic E-state index is 0.0270. The Morgan fingerprint density at radius 3 is 3.00 bits per heavy atom. The molecule has 2 saturated heterocycles. The number of nitrogens with one attached hydrogen (secondary N) is 1. The normalized spacial score (nSPS) is 25.3. The lowest BCUT2D eigenvalue weighted by Crippen LogP contribution is -2.53. The van der Waals surface area contributed by atoms with Crippen LogP contribution in [0.1, 0.15) is 37.2 Å². The van der Waals surface area contributed by atoms with Crippen LogP contribution in [0.25, 0.3) is 11.0 Å². The molecular weight excluding hydrogens is 314 g/mol. The second-order valence-electron chi connectivity index (χ2n) is 6.45. The Hall–Kier alpha value is -2.26. The second-order valence-corrected chi connectivity index (χ2v) is 6.45. The van der Waals surface area contributed by atoms with Crippen LogP contribution in [0.5, 0.6) is 0 Å². The van der Waals surface area contributed by atoms with Crippen LogP contribution < -0.4 is 10.2 Å². The van der Waals surface area contributed by atoms with Crippen molar-refractivity contribution in [3.63, 3.8) is 0 Å². The van der Waals surface area contributed by atoms with Crippen molar-refractivity contribution in [1.82, 2.24) is 15.4 Å². The van der Waals surface area contributed by atoms with E-state index in [-0.39, 0.29) is 28.8 Å². The fraction of sp³-hybridized carbons (Fsp3) is 0.600. The molecule has 3 heterocycles. The van der Waals surface area contributed by atoms with Gasteiger partial charge in [-0.05, 0) is 43.3 Å². The van der Waals surface area contributed by atoms with Gasteiger partial charge in [0.1, 0.15) is 0 Å². The van der Waals surface area contributed by atoms with Crippen molar-refractivity contribution in [1.29, 1.82) is 0 Å². The van der Waals surface area contributed by atoms with Gasteiger partial charge in [-0.3, -0.25) is 19.6 Å². The Kier molecular flexibility index (Phi) is 3.81. The highest BCUT2D eigenvalue weighted by atomic mass is 16.8. The Balaban J connectivity index is 1.84. The molecule has 1 N–H and O–H groups in total. The van der Waals surface area contributed by atoms with Crippen molar-refractivity contribution in [2.24, 2.45) is 0 Å². The van der Waals surface area contributed by atoms with Crippen molar-refractivity contribution < 1.29 is 14.5 Å². The molecule has 4 rings (SSSR count). The number of fused-ring (bicyclic) bond motifs is 2. The van der Waals surface area contributed by atoms with Crippen LogP contribution >= 0.6 is 0 Å². The molecule has 9 nitrogen and oxygen atoms in total. The van der Waals surface area contributed by atoms with E-state index in [1.54, 1.807) is 6.07 Å². The van der Waals surface area contributed by atoms with Crippen molar-refractivity contribution in [3.05, 3.63) is 33.0 Å². The number of hydrogen-bond donors (Lipinski definition) is 1. The summed E-state index contributed by atoms with van der Waals surface area (Å²) in [4.78, 5) is 13.4. The van der Waals surface area contributed by atoms with Crippen LogP contribution in [0.3, 0.4) is 0 Å². The minimum Gasteiger partial charge on any atom is -0.359 e. The average Bonchev–Trinajstić information content (AvgIpc) is 2.85. The molecule has 0 saturated carbocycles. The fourth-order valence-electron chi connectivity index (χ4n) is 4.04. The highest BCUT2D eigenvalue weighted by molar-refractivity contribution is 5.84. The van der Waals surface area contributed by atoms with Crippen molar-refractivity contribution in [3.8, 4) is 0 Å². The van der Waals surface area contributed by atoms with Gasteiger partial charge in [0.25, 0.3) is 0 Å². The highest BCUT2D eigenvalue weighted by Crippen LogP contribution is 2.36. The van der Waals surface area contributed by atoms with E-state index >= 15 is 0 Å². The SMILES string of the molecule is O=[N+]([O-])c1ccc(C2CCCCN3CCCNC23)c2c1no[n+]2[O-]. The summed E-state index contributed by atoms with van der Waals surface area (Å²) in [6.07, 6.45) is 4.34. The molecule has 128 valence electrons. The van der Waals surface area contributed by atoms with Crippen molar-refractivity contribution >= 4 is 16.7 Å². The van der Waals surface area contributed by atoms with Gasteiger partial charge in [-0.15, -0.1) is 0 Å². The summed E-state index contributed by atoms with van der Waals surface area (Å²) < 4.78 is 4.68. The molecule has 1 aromatic heterocycles. The van der Waals surface area contributed by atoms with Crippen LogP contribution in [0.2, 0.25) is 0 Å². The van der Waals surface area contributed by atoms with Crippen molar-refractivity contribution in [2.75, 3.05) is 19.6 Å². The van der Waals surface area contributed by atoms with Crippen LogP contribution in [0.15, 0.2) is 16.8 Å². The molecule has 0 bridgehead atoms. The smallest absolute Gasteiger partial charge is 0.326 e. The number of hydrogen-bond acceptors (Lipinski definition) is 7. The van der Waals surface area contributed by atoms with Crippen LogP contribution in [0.4, 0.5) is 5.69 Å². The van der Waals surface area contributed by atoms with E-state index in [2.05, 4.69) is 20.0 Å². The lowest BCUT2D eigenvalue weighted by Gasteiger charge is -2.39. The molecular formula is C15H19N5O4. The Morgan fingerprint density at radius 2 is 2.17 bits per heavy atom. The summed E-state index contributed by atoms with van der Waals surface area (Å²) in [5.41, 5.74) is 0.787. The maximum absolute atomic E-state index is 12.1. The maximum Gasteiger partial charge on any atom is 0.326 e. The standard InChI is InChI=1S/C15H19N5O4/c21-19(22)12-6-5-10(14-13(12)17-24-20(14)23)11-4-1-2-8-18-9-3-7-16-15(11)18/h5-6,11,15-16H,1-4,7-9H2. The monoisotopic (exact) mass is 333 g/mol. The number of non-ortho nitro benzene ring substituents is 1. The molecule has 0 spiro atoms. The third kappa shape index (κ3) is 2.40. The van der Waals surface area contributed by atoms with Gasteiger partial charge in [0, 0.05) is 24.1 Å². The first kappa shape index (κ1) is 15.3. The average molecular weight is 333 g/mol. The van der Waals surface area contributed by atoms with Gasteiger partial charge in [0.05, 0.1) is 16.2 Å². The molecule has 2 fully saturated rings. The predicted octanol–water partition coefficient (Wildman–Crippen LogP) is 1.26. The Bertz CT molecular complexity index is 777. The zero-order chi connectivity index (χ0) is 16.7. The van der Waals surface area contributed by atoms with E-state index in [1.807, 2.05) is 0 Å². The maximum atomic E-state index is 12.1. The minimum atomic E-state index is -0.535. The third-order valence-corrected chi connectivity index (χ3v) is 5.11. The second kappa shape index (κ2) is 5.99. The molecule has 2 aliphatic heterocycles. The zero-order valence-electron chi connectivity index (χ0n) is 13.2. The number of benzene rings is 1. The lowest BCUT2D eigenvalue weighted by atomic mass is 9.89. The number of nitro groups is 1. The molecule has 1 aromatic carbocycles. The molecule has 0 radical (unpaired) electrons. The van der Waals surface area contributed by atoms with Gasteiger partial charge in [0.15, 0.2) is 0 Å². The van der Waals surface area contributed by atoms with Crippen LogP contribution in [0, 0.1) is 15.3 Å². The molecule has 0 aliphatic carbocycles. The fourth-order valence-corrected chi connectivity index (χ4v) is 4.04. The molecule has 2 aliphatic rings. The van der Waals surface area contributed by atoms with Gasteiger partial charge in [-0.1, -0.05) is 6.42 Å². The molecule has 24 heavy (non-hydrogen) atoms. The zero-order valence-corrected chi connectivity index (χ0v) is 13.2. The molecule has 0 amide bonds. The quantitative estimate of drug-likeness (QED) is 0.500. The largest absolute Gasteiger partial charge is 0.359 e. The summed E-state index contributed by atoms with van der Waals surface area (Å²) in [6, 6.07) is 3.12. The number of rotatable bonds is 2. The number of aromatic nitrogens is 2. The number of nitro benzene ring substituents is 1. The van der Waals surface area contributed by atoms with Gasteiger partial charge >= 0.3 is 11.2 Å². The summed E-state index contributed by atoms with van der Waals surface area (Å²) >= 11 is 0. The van der Waals surface area contributed by atoms with E-state index in [9.17, 15) is 15.3 Å². The number of nitrogens with zero attached hydrogens (tertiary/aromatic N) is 4. The van der Waals surface area contributed by atoms with E-state index < -0.39 is 4.92 Å². The molecule has 2 unspecified atom stereocenters. The molecule has 2 atom stereocenters. The van der Waals surface area contributed by atoms with E-state index in [4.69, 9.17) is 0 Å². The predicted molar refractivity (Wildman–Crippen MR) is 84.2 cm³/mol. The first-order chi connectivity index (χ1) is 11.7. The van der Waals surface area contributed by atoms with E-state index in [0.717, 1.165) is 50.9 Å². The molecule has 9 heteroatoms. The van der Waals surface area contributed by atoms with Gasteiger partial charge in [-0.2, -0.15) is 0 Å². The van der Waals surface area contributed by atoms with E-state index in [1.165, 1.54) is 6.07 Å². The summed E-state index contributed by atoms with van der Waals surface area (Å²) in [6.45, 7) is 3.01. The summed E-state index contributed by atoms with van der Waals surface area (Å²) in [7, 11) is 0. The Labute approximate surface area is 137 Å². The van der Waals surface area contributed by atoms with E-state index in [0.29, 0.717) is 4.90 Å². The summed E-state index contributed by atoms with van der Waals surface area (Å²) in [5.74, 6) is 0.0794. The first-order valence-electron chi connectivity index (χ1n) is 8.31. The first-order valence-corrected chi connectivity index (χ1v) is 8.31. The highest BCUT2D eigenvalue weighted by Gasteiger charge is 2.37. The summed E-state index contributed by atoms with van der Waals surface area (Å²) in [5, 5.41) is 30.5. The van der Waals surface area contributed by atoms with Crippen LogP contribution in [-0.2, 0) is 0 Å². The molecule has 2 aromatic rings.